The molecule has 1 aliphatic heterocycles. The van der Waals surface area contributed by atoms with Gasteiger partial charge in [-0.15, -0.1) is 0 Å². The first-order valence-corrected chi connectivity index (χ1v) is 12.7. The third-order valence-corrected chi connectivity index (χ3v) is 7.21. The normalized spacial score (nSPS) is 15.4. The van der Waals surface area contributed by atoms with Gasteiger partial charge in [0.25, 0.3) is 0 Å². The van der Waals surface area contributed by atoms with E-state index in [0.717, 1.165) is 11.3 Å². The van der Waals surface area contributed by atoms with Crippen molar-refractivity contribution in [2.75, 3.05) is 37.6 Å². The standard InChI is InChI=1S/C23H28N6O7S/c1-15-2-8-18(9-3-15)37(35,36)27-19(23(32)33)12-25-20(30)13-29-11-10-28(14-21(29)31)17-6-4-16(5-7-17)22(24)26-34/h2-9,19,27,34H,10-14H2,1H3,(H2,24,26)(H,25,30)(H,32,33). The number of nitrogens with two attached hydrogens (primary N) is 1. The number of anilines is 1. The van der Waals surface area contributed by atoms with Gasteiger partial charge < -0.3 is 31.2 Å². The van der Waals surface area contributed by atoms with E-state index in [0.29, 0.717) is 12.1 Å². The number of hydrogen-bond acceptors (Lipinski definition) is 8. The number of piperazine rings is 1. The van der Waals surface area contributed by atoms with Crippen LogP contribution in [0.1, 0.15) is 11.1 Å². The highest BCUT2D eigenvalue weighted by Gasteiger charge is 2.28. The highest BCUT2D eigenvalue weighted by Crippen LogP contribution is 2.18. The van der Waals surface area contributed by atoms with Crippen LogP contribution in [-0.2, 0) is 24.4 Å². The molecule has 1 atom stereocenters. The van der Waals surface area contributed by atoms with E-state index in [1.165, 1.54) is 17.0 Å². The SMILES string of the molecule is Cc1ccc(S(=O)(=O)NC(CNC(=O)CN2CCN(c3ccc(/C(N)=N\O)cc3)CC2=O)C(=O)O)cc1. The average molecular weight is 533 g/mol. The highest BCUT2D eigenvalue weighted by atomic mass is 32.2. The summed E-state index contributed by atoms with van der Waals surface area (Å²) in [6.45, 7) is 1.69. The Kier molecular flexibility index (Phi) is 8.68. The van der Waals surface area contributed by atoms with Crippen LogP contribution in [0.5, 0.6) is 0 Å². The van der Waals surface area contributed by atoms with Crippen molar-refractivity contribution in [1.82, 2.24) is 14.9 Å². The number of carboxylic acid groups (broad SMARTS) is 1. The Labute approximate surface area is 213 Å². The average Bonchev–Trinajstić information content (AvgIpc) is 2.87. The number of carboxylic acids is 1. The fourth-order valence-corrected chi connectivity index (χ4v) is 4.78. The van der Waals surface area contributed by atoms with Crippen LogP contribution in [-0.4, -0.2) is 86.0 Å². The number of oxime groups is 1. The van der Waals surface area contributed by atoms with Crippen LogP contribution in [0, 0.1) is 6.92 Å². The zero-order chi connectivity index (χ0) is 27.2. The van der Waals surface area contributed by atoms with Crippen molar-refractivity contribution in [1.29, 1.82) is 0 Å². The number of rotatable bonds is 10. The molecule has 0 aromatic heterocycles. The second kappa shape index (κ2) is 11.7. The van der Waals surface area contributed by atoms with Crippen molar-refractivity contribution < 1.29 is 33.1 Å². The smallest absolute Gasteiger partial charge is 0.323 e. The lowest BCUT2D eigenvalue weighted by molar-refractivity contribution is -0.139. The summed E-state index contributed by atoms with van der Waals surface area (Å²) in [5.74, 6) is -2.42. The summed E-state index contributed by atoms with van der Waals surface area (Å²) in [4.78, 5) is 39.6. The number of nitrogens with one attached hydrogen (secondary N) is 2. The third-order valence-electron chi connectivity index (χ3n) is 5.72. The van der Waals surface area contributed by atoms with Crippen LogP contribution in [0.2, 0.25) is 0 Å². The maximum atomic E-state index is 12.6. The number of nitrogens with zero attached hydrogens (tertiary/aromatic N) is 3. The molecule has 2 aromatic carbocycles. The number of hydrogen-bond donors (Lipinski definition) is 5. The number of aliphatic carboxylic acids is 1. The van der Waals surface area contributed by atoms with Gasteiger partial charge in [0, 0.05) is 30.9 Å². The summed E-state index contributed by atoms with van der Waals surface area (Å²) in [5, 5.41) is 23.5. The van der Waals surface area contributed by atoms with Gasteiger partial charge in [-0.25, -0.2) is 8.42 Å². The molecule has 0 aliphatic carbocycles. The van der Waals surface area contributed by atoms with Crippen molar-refractivity contribution in [3.63, 3.8) is 0 Å². The molecule has 1 aliphatic rings. The van der Waals surface area contributed by atoms with E-state index >= 15 is 0 Å². The number of amidine groups is 1. The molecular formula is C23H28N6O7S. The number of benzene rings is 2. The Morgan fingerprint density at radius 1 is 1.11 bits per heavy atom. The maximum Gasteiger partial charge on any atom is 0.323 e. The molecule has 0 saturated carbocycles. The molecule has 3 rings (SSSR count). The molecule has 0 spiro atoms. The van der Waals surface area contributed by atoms with Crippen LogP contribution in [0.15, 0.2) is 58.6 Å². The van der Waals surface area contributed by atoms with Gasteiger partial charge in [-0.3, -0.25) is 14.4 Å². The van der Waals surface area contributed by atoms with Crippen molar-refractivity contribution in [3.05, 3.63) is 59.7 Å². The number of sulfonamides is 1. The lowest BCUT2D eigenvalue weighted by atomic mass is 10.1. The molecule has 1 unspecified atom stereocenters. The summed E-state index contributed by atoms with van der Waals surface area (Å²) in [7, 11) is -4.12. The molecule has 1 heterocycles. The van der Waals surface area contributed by atoms with Gasteiger partial charge in [0.05, 0.1) is 18.0 Å². The summed E-state index contributed by atoms with van der Waals surface area (Å²) >= 11 is 0. The number of amides is 2. The molecule has 13 nitrogen and oxygen atoms in total. The van der Waals surface area contributed by atoms with E-state index in [-0.39, 0.29) is 36.3 Å². The third kappa shape index (κ3) is 7.17. The molecule has 0 bridgehead atoms. The lowest BCUT2D eigenvalue weighted by Crippen LogP contribution is -2.54. The summed E-state index contributed by atoms with van der Waals surface area (Å²) in [5.41, 5.74) is 7.66. The van der Waals surface area contributed by atoms with E-state index in [2.05, 4.69) is 15.2 Å². The second-order valence-corrected chi connectivity index (χ2v) is 10.1. The molecule has 6 N–H and O–H groups in total. The maximum absolute atomic E-state index is 12.6. The van der Waals surface area contributed by atoms with Crippen LogP contribution in [0.3, 0.4) is 0 Å². The molecule has 0 radical (unpaired) electrons. The monoisotopic (exact) mass is 532 g/mol. The Hall–Kier alpha value is -4.17. The summed E-state index contributed by atoms with van der Waals surface area (Å²) < 4.78 is 27.1. The zero-order valence-corrected chi connectivity index (χ0v) is 20.8. The minimum Gasteiger partial charge on any atom is -0.480 e. The van der Waals surface area contributed by atoms with Crippen molar-refractivity contribution >= 4 is 39.3 Å². The van der Waals surface area contributed by atoms with Gasteiger partial charge in [0.2, 0.25) is 21.8 Å². The Morgan fingerprint density at radius 3 is 2.32 bits per heavy atom. The first kappa shape index (κ1) is 27.4. The van der Waals surface area contributed by atoms with Crippen molar-refractivity contribution in [2.45, 2.75) is 17.9 Å². The molecule has 2 amide bonds. The fraction of sp³-hybridized carbons (Fsp3) is 0.304. The number of aryl methyl sites for hydroxylation is 1. The molecular weight excluding hydrogens is 504 g/mol. The van der Waals surface area contributed by atoms with Gasteiger partial charge in [0.1, 0.15) is 6.04 Å². The molecule has 14 heteroatoms. The Balaban J connectivity index is 1.52. The van der Waals surface area contributed by atoms with Gasteiger partial charge in [-0.2, -0.15) is 4.72 Å². The molecule has 198 valence electrons. The summed E-state index contributed by atoms with van der Waals surface area (Å²) in [6.07, 6.45) is 0. The van der Waals surface area contributed by atoms with E-state index in [1.54, 1.807) is 43.3 Å². The number of carbonyl (C=O) groups is 3. The van der Waals surface area contributed by atoms with Crippen LogP contribution in [0.4, 0.5) is 5.69 Å². The Bertz CT molecular complexity index is 1280. The fourth-order valence-electron chi connectivity index (χ4n) is 3.59. The highest BCUT2D eigenvalue weighted by molar-refractivity contribution is 7.89. The van der Waals surface area contributed by atoms with Gasteiger partial charge in [0.15, 0.2) is 5.84 Å². The minimum absolute atomic E-state index is 0.0182. The van der Waals surface area contributed by atoms with E-state index in [4.69, 9.17) is 10.9 Å². The van der Waals surface area contributed by atoms with E-state index in [1.807, 2.05) is 4.90 Å². The quantitative estimate of drug-likeness (QED) is 0.114. The predicted molar refractivity (Wildman–Crippen MR) is 134 cm³/mol. The van der Waals surface area contributed by atoms with Crippen LogP contribution >= 0.6 is 0 Å². The molecule has 1 saturated heterocycles. The van der Waals surface area contributed by atoms with E-state index < -0.39 is 34.5 Å². The van der Waals surface area contributed by atoms with Crippen LogP contribution < -0.4 is 20.7 Å². The lowest BCUT2D eigenvalue weighted by Gasteiger charge is -2.35. The largest absolute Gasteiger partial charge is 0.480 e. The second-order valence-electron chi connectivity index (χ2n) is 8.40. The topological polar surface area (TPSA) is 195 Å². The van der Waals surface area contributed by atoms with Gasteiger partial charge in [-0.05, 0) is 43.3 Å². The summed E-state index contributed by atoms with van der Waals surface area (Å²) in [6, 6.07) is 11.0. The van der Waals surface area contributed by atoms with Gasteiger partial charge in [-0.1, -0.05) is 22.9 Å². The van der Waals surface area contributed by atoms with Gasteiger partial charge >= 0.3 is 5.97 Å². The molecule has 2 aromatic rings. The first-order chi connectivity index (χ1) is 17.5. The molecule has 37 heavy (non-hydrogen) atoms. The minimum atomic E-state index is -4.12. The van der Waals surface area contributed by atoms with Crippen LogP contribution in [0.25, 0.3) is 0 Å². The zero-order valence-electron chi connectivity index (χ0n) is 20.0. The predicted octanol–water partition coefficient (Wildman–Crippen LogP) is -0.714. The number of carbonyl (C=O) groups excluding carboxylic acids is 2. The first-order valence-electron chi connectivity index (χ1n) is 11.2. The van der Waals surface area contributed by atoms with Crippen molar-refractivity contribution in [2.24, 2.45) is 10.9 Å². The van der Waals surface area contributed by atoms with Crippen molar-refractivity contribution in [3.8, 4) is 0 Å². The van der Waals surface area contributed by atoms with E-state index in [9.17, 15) is 27.9 Å². The molecule has 1 fully saturated rings. The Morgan fingerprint density at radius 2 is 1.76 bits per heavy atom.